The monoisotopic (exact) mass is 389 g/mol. The molecular formula is C17H15N3O4S2. The van der Waals surface area contributed by atoms with Gasteiger partial charge in [-0.15, -0.1) is 11.3 Å². The summed E-state index contributed by atoms with van der Waals surface area (Å²) in [5.74, 6) is 1.12. The number of carbonyl (C=O) groups excluding carboxylic acids is 1. The molecule has 26 heavy (non-hydrogen) atoms. The Morgan fingerprint density at radius 2 is 2.19 bits per heavy atom. The van der Waals surface area contributed by atoms with Crippen LogP contribution in [0.4, 0.5) is 0 Å². The van der Waals surface area contributed by atoms with Crippen LogP contribution in [-0.4, -0.2) is 28.5 Å². The lowest BCUT2D eigenvalue weighted by molar-refractivity contribution is -0.122. The zero-order chi connectivity index (χ0) is 18.1. The highest BCUT2D eigenvalue weighted by Crippen LogP contribution is 2.32. The molecule has 1 amide bonds. The van der Waals surface area contributed by atoms with Gasteiger partial charge in [0.1, 0.15) is 11.2 Å². The van der Waals surface area contributed by atoms with Gasteiger partial charge >= 0.3 is 0 Å². The first kappa shape index (κ1) is 16.9. The zero-order valence-corrected chi connectivity index (χ0v) is 15.5. The van der Waals surface area contributed by atoms with E-state index in [0.717, 1.165) is 5.56 Å². The van der Waals surface area contributed by atoms with Crippen molar-refractivity contribution < 1.29 is 14.3 Å². The number of hydrogen-bond acceptors (Lipinski definition) is 7. The molecular weight excluding hydrogens is 374 g/mol. The highest BCUT2D eigenvalue weighted by molar-refractivity contribution is 7.98. The minimum Gasteiger partial charge on any atom is -0.454 e. The molecule has 0 radical (unpaired) electrons. The Balaban J connectivity index is 1.49. The van der Waals surface area contributed by atoms with Crippen LogP contribution in [0.15, 0.2) is 39.6 Å². The summed E-state index contributed by atoms with van der Waals surface area (Å²) in [5.41, 5.74) is 1.38. The highest BCUT2D eigenvalue weighted by Gasteiger charge is 2.16. The van der Waals surface area contributed by atoms with Crippen LogP contribution in [-0.2, 0) is 17.9 Å². The summed E-state index contributed by atoms with van der Waals surface area (Å²) < 4.78 is 12.6. The number of benzene rings is 1. The van der Waals surface area contributed by atoms with Gasteiger partial charge in [-0.2, -0.15) is 0 Å². The molecule has 0 fully saturated rings. The number of thioether (sulfide) groups is 1. The van der Waals surface area contributed by atoms with Gasteiger partial charge in [0, 0.05) is 6.54 Å². The first-order chi connectivity index (χ1) is 12.7. The van der Waals surface area contributed by atoms with E-state index in [4.69, 9.17) is 9.47 Å². The van der Waals surface area contributed by atoms with Crippen molar-refractivity contribution in [3.8, 4) is 11.5 Å². The van der Waals surface area contributed by atoms with Gasteiger partial charge in [-0.1, -0.05) is 17.8 Å². The van der Waals surface area contributed by atoms with E-state index < -0.39 is 0 Å². The molecule has 3 aromatic rings. The van der Waals surface area contributed by atoms with E-state index in [1.807, 2.05) is 35.9 Å². The number of nitrogens with zero attached hydrogens (tertiary/aromatic N) is 2. The first-order valence-corrected chi connectivity index (χ1v) is 9.93. The van der Waals surface area contributed by atoms with Gasteiger partial charge in [-0.25, -0.2) is 4.98 Å². The van der Waals surface area contributed by atoms with E-state index in [2.05, 4.69) is 10.3 Å². The van der Waals surface area contributed by atoms with E-state index >= 15 is 0 Å². The van der Waals surface area contributed by atoms with Gasteiger partial charge in [-0.3, -0.25) is 14.2 Å². The van der Waals surface area contributed by atoms with Gasteiger partial charge in [0.25, 0.3) is 5.56 Å². The average molecular weight is 389 g/mol. The molecule has 7 nitrogen and oxygen atoms in total. The summed E-state index contributed by atoms with van der Waals surface area (Å²) in [7, 11) is 0. The Morgan fingerprint density at radius 1 is 1.35 bits per heavy atom. The smallest absolute Gasteiger partial charge is 0.272 e. The van der Waals surface area contributed by atoms with Crippen molar-refractivity contribution in [1.29, 1.82) is 0 Å². The van der Waals surface area contributed by atoms with E-state index in [1.165, 1.54) is 27.7 Å². The van der Waals surface area contributed by atoms with Crippen molar-refractivity contribution in [3.05, 3.63) is 45.6 Å². The minimum atomic E-state index is -0.252. The van der Waals surface area contributed by atoms with Crippen LogP contribution in [0, 0.1) is 0 Å². The van der Waals surface area contributed by atoms with Crippen molar-refractivity contribution >= 4 is 39.2 Å². The second-order valence-electron chi connectivity index (χ2n) is 5.59. The quantitative estimate of drug-likeness (QED) is 0.532. The van der Waals surface area contributed by atoms with Crippen LogP contribution in [0.1, 0.15) is 5.56 Å². The van der Waals surface area contributed by atoms with Crippen LogP contribution in [0.2, 0.25) is 0 Å². The highest BCUT2D eigenvalue weighted by atomic mass is 32.2. The third-order valence-electron chi connectivity index (χ3n) is 3.94. The lowest BCUT2D eigenvalue weighted by Gasteiger charge is -2.11. The molecule has 4 rings (SSSR count). The second-order valence-corrected chi connectivity index (χ2v) is 7.28. The molecule has 134 valence electrons. The number of thiophene rings is 1. The van der Waals surface area contributed by atoms with E-state index in [9.17, 15) is 9.59 Å². The predicted octanol–water partition coefficient (Wildman–Crippen LogP) is 2.22. The molecule has 0 unspecified atom stereocenters. The molecule has 1 aliphatic heterocycles. The van der Waals surface area contributed by atoms with Crippen molar-refractivity contribution in [2.24, 2.45) is 0 Å². The molecule has 2 aromatic heterocycles. The maximum absolute atomic E-state index is 12.6. The van der Waals surface area contributed by atoms with Gasteiger partial charge < -0.3 is 14.8 Å². The molecule has 3 heterocycles. The SMILES string of the molecule is CSc1nc2ccsc2c(=O)n1CC(=O)NCc1ccc2c(c1)OCO2. The number of rotatable bonds is 5. The van der Waals surface area contributed by atoms with E-state index in [-0.39, 0.29) is 24.8 Å². The fourth-order valence-corrected chi connectivity index (χ4v) is 4.01. The number of carbonyl (C=O) groups is 1. The summed E-state index contributed by atoms with van der Waals surface area (Å²) >= 11 is 2.68. The first-order valence-electron chi connectivity index (χ1n) is 7.83. The molecule has 0 saturated carbocycles. The van der Waals surface area contributed by atoms with Crippen LogP contribution in [0.25, 0.3) is 10.2 Å². The number of nitrogens with one attached hydrogen (secondary N) is 1. The number of amides is 1. The molecule has 1 aromatic carbocycles. The molecule has 1 N–H and O–H groups in total. The molecule has 9 heteroatoms. The Bertz CT molecular complexity index is 1040. The maximum atomic E-state index is 12.6. The Kier molecular flexibility index (Phi) is 4.56. The molecule has 1 aliphatic rings. The van der Waals surface area contributed by atoms with Crippen LogP contribution < -0.4 is 20.3 Å². The lowest BCUT2D eigenvalue weighted by Crippen LogP contribution is -2.33. The summed E-state index contributed by atoms with van der Waals surface area (Å²) in [6, 6.07) is 7.33. The van der Waals surface area contributed by atoms with Crippen LogP contribution in [0.3, 0.4) is 0 Å². The molecule has 0 aliphatic carbocycles. The number of fused-ring (bicyclic) bond motifs is 2. The maximum Gasteiger partial charge on any atom is 0.272 e. The number of aromatic nitrogens is 2. The van der Waals surface area contributed by atoms with Gasteiger partial charge in [0.2, 0.25) is 12.7 Å². The standard InChI is InChI=1S/C17H15N3O4S2/c1-25-17-19-11-4-5-26-15(11)16(22)20(17)8-14(21)18-7-10-2-3-12-13(6-10)24-9-23-12/h2-6H,7-9H2,1H3,(H,18,21). The van der Waals surface area contributed by atoms with Crippen LogP contribution in [0.5, 0.6) is 11.5 Å². The summed E-state index contributed by atoms with van der Waals surface area (Å²) in [5, 5.41) is 5.18. The van der Waals surface area contributed by atoms with Crippen molar-refractivity contribution in [3.63, 3.8) is 0 Å². The minimum absolute atomic E-state index is 0.0690. The van der Waals surface area contributed by atoms with E-state index in [1.54, 1.807) is 0 Å². The van der Waals surface area contributed by atoms with Gasteiger partial charge in [-0.05, 0) is 35.4 Å². The summed E-state index contributed by atoms with van der Waals surface area (Å²) in [4.78, 5) is 29.4. The lowest BCUT2D eigenvalue weighted by atomic mass is 10.2. The zero-order valence-electron chi connectivity index (χ0n) is 13.9. The van der Waals surface area contributed by atoms with Gasteiger partial charge in [0.05, 0.1) is 5.52 Å². The summed E-state index contributed by atoms with van der Waals surface area (Å²) in [6.07, 6.45) is 1.83. The average Bonchev–Trinajstić information content (AvgIpc) is 3.30. The van der Waals surface area contributed by atoms with Gasteiger partial charge in [0.15, 0.2) is 16.7 Å². The number of hydrogen-bond donors (Lipinski definition) is 1. The molecule has 0 spiro atoms. The Hall–Kier alpha value is -2.52. The molecule has 0 saturated heterocycles. The fraction of sp³-hybridized carbons (Fsp3) is 0.235. The van der Waals surface area contributed by atoms with E-state index in [0.29, 0.717) is 33.4 Å². The van der Waals surface area contributed by atoms with Crippen LogP contribution >= 0.6 is 23.1 Å². The number of ether oxygens (including phenoxy) is 2. The predicted molar refractivity (Wildman–Crippen MR) is 100 cm³/mol. The normalized spacial score (nSPS) is 12.5. The fourth-order valence-electron chi connectivity index (χ4n) is 2.67. The molecule has 0 bridgehead atoms. The van der Waals surface area contributed by atoms with Crippen molar-refractivity contribution in [2.75, 3.05) is 13.0 Å². The van der Waals surface area contributed by atoms with Crippen molar-refractivity contribution in [2.45, 2.75) is 18.2 Å². The topological polar surface area (TPSA) is 82.5 Å². The Morgan fingerprint density at radius 3 is 3.04 bits per heavy atom. The largest absolute Gasteiger partial charge is 0.454 e. The second kappa shape index (κ2) is 7.00. The molecule has 0 atom stereocenters. The van der Waals surface area contributed by atoms with Crippen molar-refractivity contribution in [1.82, 2.24) is 14.9 Å². The third-order valence-corrected chi connectivity index (χ3v) is 5.51. The summed E-state index contributed by atoms with van der Waals surface area (Å²) in [6.45, 7) is 0.484. The third kappa shape index (κ3) is 3.15. The Labute approximate surface area is 157 Å².